The Balaban J connectivity index is 2.65. The minimum absolute atomic E-state index is 0.0195. The van der Waals surface area contributed by atoms with E-state index in [2.05, 4.69) is 49.6 Å². The van der Waals surface area contributed by atoms with Gasteiger partial charge in [-0.25, -0.2) is 0 Å². The van der Waals surface area contributed by atoms with Crippen molar-refractivity contribution in [1.82, 2.24) is 10.2 Å². The summed E-state index contributed by atoms with van der Waals surface area (Å²) in [6.07, 6.45) is -3.48. The van der Waals surface area contributed by atoms with Crippen molar-refractivity contribution in [1.29, 1.82) is 0 Å². The molecule has 0 amide bonds. The summed E-state index contributed by atoms with van der Waals surface area (Å²) < 4.78 is 40.4. The van der Waals surface area contributed by atoms with E-state index in [9.17, 15) is 13.2 Å². The molecule has 0 aromatic rings. The van der Waals surface area contributed by atoms with Crippen molar-refractivity contribution in [3.8, 4) is 0 Å². The van der Waals surface area contributed by atoms with E-state index in [0.29, 0.717) is 18.5 Å². The second kappa shape index (κ2) is 7.29. The van der Waals surface area contributed by atoms with Crippen molar-refractivity contribution in [3.63, 3.8) is 0 Å². The first kappa shape index (κ1) is 18.7. The van der Waals surface area contributed by atoms with Gasteiger partial charge in [-0.15, -0.1) is 13.2 Å². The third-order valence-corrected chi connectivity index (χ3v) is 4.42. The number of hydrogen-bond donors (Lipinski definition) is 1. The van der Waals surface area contributed by atoms with Crippen molar-refractivity contribution in [2.75, 3.05) is 26.2 Å². The molecule has 6 heteroatoms. The maximum absolute atomic E-state index is 12.1. The quantitative estimate of drug-likeness (QED) is 0.843. The minimum atomic E-state index is -4.54. The molecule has 1 N–H and O–H groups in total. The summed E-state index contributed by atoms with van der Waals surface area (Å²) in [5, 5.41) is 3.56. The lowest BCUT2D eigenvalue weighted by molar-refractivity contribution is -0.325. The van der Waals surface area contributed by atoms with Gasteiger partial charge in [-0.2, -0.15) is 0 Å². The zero-order valence-electron chi connectivity index (χ0n) is 13.8. The molecule has 1 rings (SSSR count). The fraction of sp³-hybridized carbons (Fsp3) is 1.00. The van der Waals surface area contributed by atoms with Crippen LogP contribution in [0.5, 0.6) is 0 Å². The molecule has 21 heavy (non-hydrogen) atoms. The monoisotopic (exact) mass is 310 g/mol. The third kappa shape index (κ3) is 6.12. The summed E-state index contributed by atoms with van der Waals surface area (Å²) in [4.78, 5) is 2.15. The van der Waals surface area contributed by atoms with Crippen LogP contribution in [0.1, 0.15) is 41.0 Å². The van der Waals surface area contributed by atoms with Crippen LogP contribution in [0.15, 0.2) is 0 Å². The predicted molar refractivity (Wildman–Crippen MR) is 78.1 cm³/mol. The molecule has 126 valence electrons. The van der Waals surface area contributed by atoms with Crippen molar-refractivity contribution >= 4 is 0 Å². The van der Waals surface area contributed by atoms with E-state index < -0.39 is 6.36 Å². The van der Waals surface area contributed by atoms with Gasteiger partial charge in [0.15, 0.2) is 0 Å². The average molecular weight is 310 g/mol. The molecule has 3 atom stereocenters. The Bertz CT molecular complexity index is 315. The van der Waals surface area contributed by atoms with Crippen molar-refractivity contribution in [2.24, 2.45) is 11.3 Å². The fourth-order valence-corrected chi connectivity index (χ4v) is 2.88. The summed E-state index contributed by atoms with van der Waals surface area (Å²) in [6.45, 7) is 12.3. The highest BCUT2D eigenvalue weighted by molar-refractivity contribution is 4.93. The van der Waals surface area contributed by atoms with E-state index in [0.717, 1.165) is 19.5 Å². The number of nitrogens with zero attached hydrogens (tertiary/aromatic N) is 1. The number of ether oxygens (including phenoxy) is 1. The standard InChI is InChI=1S/C15H29F3N2O/c1-6-11(2)12-10-20(7-8-21-15(16,17)18)13(9-19-12)14(3,4)5/h11-13,19H,6-10H2,1-5H3. The van der Waals surface area contributed by atoms with Gasteiger partial charge in [-0.1, -0.05) is 41.0 Å². The van der Waals surface area contributed by atoms with E-state index in [1.54, 1.807) is 0 Å². The van der Waals surface area contributed by atoms with E-state index in [-0.39, 0.29) is 18.1 Å². The van der Waals surface area contributed by atoms with Gasteiger partial charge >= 0.3 is 6.36 Å². The van der Waals surface area contributed by atoms with Crippen LogP contribution < -0.4 is 5.32 Å². The number of alkyl halides is 3. The molecule has 0 aromatic heterocycles. The van der Waals surface area contributed by atoms with Crippen LogP contribution >= 0.6 is 0 Å². The highest BCUT2D eigenvalue weighted by atomic mass is 19.4. The van der Waals surface area contributed by atoms with Crippen molar-refractivity contribution in [2.45, 2.75) is 59.5 Å². The lowest BCUT2D eigenvalue weighted by Crippen LogP contribution is -2.62. The number of halogens is 3. The van der Waals surface area contributed by atoms with Crippen LogP contribution in [-0.2, 0) is 4.74 Å². The van der Waals surface area contributed by atoms with Gasteiger partial charge in [-0.05, 0) is 11.3 Å². The molecule has 1 heterocycles. The molecule has 1 saturated heterocycles. The Morgan fingerprint density at radius 3 is 2.38 bits per heavy atom. The van der Waals surface area contributed by atoms with Gasteiger partial charge < -0.3 is 5.32 Å². The summed E-state index contributed by atoms with van der Waals surface area (Å²) in [6, 6.07) is 0.550. The topological polar surface area (TPSA) is 24.5 Å². The number of nitrogens with one attached hydrogen (secondary N) is 1. The van der Waals surface area contributed by atoms with E-state index >= 15 is 0 Å². The molecule has 3 nitrogen and oxygen atoms in total. The van der Waals surface area contributed by atoms with Gasteiger partial charge in [-0.3, -0.25) is 9.64 Å². The predicted octanol–water partition coefficient (Wildman–Crippen LogP) is 3.26. The minimum Gasteiger partial charge on any atom is -0.311 e. The molecule has 0 aliphatic carbocycles. The smallest absolute Gasteiger partial charge is 0.311 e. The van der Waals surface area contributed by atoms with Crippen molar-refractivity contribution in [3.05, 3.63) is 0 Å². The Hall–Kier alpha value is -0.330. The molecule has 0 aromatic carbocycles. The summed E-state index contributed by atoms with van der Waals surface area (Å²) in [5.41, 5.74) is 0.0195. The first-order valence-electron chi connectivity index (χ1n) is 7.72. The highest BCUT2D eigenvalue weighted by Crippen LogP contribution is 2.28. The normalized spacial score (nSPS) is 26.9. The molecule has 0 spiro atoms. The van der Waals surface area contributed by atoms with Gasteiger partial charge in [0.2, 0.25) is 0 Å². The number of hydrogen-bond acceptors (Lipinski definition) is 3. The van der Waals surface area contributed by atoms with E-state index in [1.807, 2.05) is 0 Å². The molecule has 1 fully saturated rings. The zero-order valence-corrected chi connectivity index (χ0v) is 13.8. The summed E-state index contributed by atoms with van der Waals surface area (Å²) >= 11 is 0. The first-order chi connectivity index (χ1) is 9.54. The Morgan fingerprint density at radius 1 is 1.29 bits per heavy atom. The Labute approximate surface area is 126 Å². The Kier molecular flexibility index (Phi) is 6.50. The zero-order chi connectivity index (χ0) is 16.3. The molecule has 0 bridgehead atoms. The van der Waals surface area contributed by atoms with Crippen LogP contribution in [0.2, 0.25) is 0 Å². The van der Waals surface area contributed by atoms with Gasteiger partial charge in [0, 0.05) is 31.7 Å². The molecule has 0 radical (unpaired) electrons. The average Bonchev–Trinajstić information content (AvgIpc) is 2.34. The van der Waals surface area contributed by atoms with E-state index in [4.69, 9.17) is 0 Å². The summed E-state index contributed by atoms with van der Waals surface area (Å²) in [7, 11) is 0. The first-order valence-corrected chi connectivity index (χ1v) is 7.72. The van der Waals surface area contributed by atoms with Gasteiger partial charge in [0.1, 0.15) is 0 Å². The third-order valence-electron chi connectivity index (χ3n) is 4.42. The van der Waals surface area contributed by atoms with Crippen LogP contribution in [0.25, 0.3) is 0 Å². The van der Waals surface area contributed by atoms with Crippen LogP contribution in [0.3, 0.4) is 0 Å². The molecule has 1 aliphatic heterocycles. The van der Waals surface area contributed by atoms with Crippen LogP contribution in [-0.4, -0.2) is 49.6 Å². The number of piperazine rings is 1. The van der Waals surface area contributed by atoms with Gasteiger partial charge in [0.25, 0.3) is 0 Å². The maximum atomic E-state index is 12.1. The SMILES string of the molecule is CCC(C)C1CN(CCOC(F)(F)F)C(C(C)(C)C)CN1. The maximum Gasteiger partial charge on any atom is 0.522 e. The molecule has 3 unspecified atom stereocenters. The van der Waals surface area contributed by atoms with Crippen LogP contribution in [0, 0.1) is 11.3 Å². The van der Waals surface area contributed by atoms with Gasteiger partial charge in [0.05, 0.1) is 6.61 Å². The van der Waals surface area contributed by atoms with Crippen LogP contribution in [0.4, 0.5) is 13.2 Å². The lowest BCUT2D eigenvalue weighted by Gasteiger charge is -2.47. The highest BCUT2D eigenvalue weighted by Gasteiger charge is 2.37. The lowest BCUT2D eigenvalue weighted by atomic mass is 9.82. The Morgan fingerprint density at radius 2 is 1.90 bits per heavy atom. The molecule has 0 saturated carbocycles. The molecular weight excluding hydrogens is 281 g/mol. The van der Waals surface area contributed by atoms with Crippen molar-refractivity contribution < 1.29 is 17.9 Å². The summed E-state index contributed by atoms with van der Waals surface area (Å²) in [5.74, 6) is 0.511. The number of rotatable bonds is 5. The van der Waals surface area contributed by atoms with E-state index in [1.165, 1.54) is 0 Å². The fourth-order valence-electron chi connectivity index (χ4n) is 2.88. The molecule has 1 aliphatic rings. The second-order valence-corrected chi connectivity index (χ2v) is 7.07. The molecular formula is C15H29F3N2O. The largest absolute Gasteiger partial charge is 0.522 e. The second-order valence-electron chi connectivity index (χ2n) is 7.07.